The summed E-state index contributed by atoms with van der Waals surface area (Å²) >= 11 is 0. The van der Waals surface area contributed by atoms with Gasteiger partial charge in [-0.3, -0.25) is 0 Å². The lowest BCUT2D eigenvalue weighted by molar-refractivity contribution is -0.152. The lowest BCUT2D eigenvalue weighted by Gasteiger charge is -2.31. The average Bonchev–Trinajstić information content (AvgIpc) is 2.72. The van der Waals surface area contributed by atoms with E-state index in [1.165, 1.54) is 24.4 Å². The van der Waals surface area contributed by atoms with Crippen LogP contribution in [0.3, 0.4) is 0 Å². The van der Waals surface area contributed by atoms with E-state index in [1.807, 2.05) is 0 Å². The van der Waals surface area contributed by atoms with Crippen molar-refractivity contribution in [2.45, 2.75) is 13.0 Å². The van der Waals surface area contributed by atoms with Crippen molar-refractivity contribution in [1.29, 1.82) is 0 Å². The highest BCUT2D eigenvalue weighted by molar-refractivity contribution is 6.13. The molecule has 1 atom stereocenters. The Morgan fingerprint density at radius 1 is 1.40 bits per heavy atom. The third kappa shape index (κ3) is 1.59. The first-order valence-corrected chi connectivity index (χ1v) is 5.84. The fourth-order valence-corrected chi connectivity index (χ4v) is 2.30. The zero-order valence-electron chi connectivity index (χ0n) is 10.7. The second-order valence-corrected chi connectivity index (χ2v) is 4.44. The monoisotopic (exact) mass is 274 g/mol. The van der Waals surface area contributed by atoms with Crippen LogP contribution in [-0.4, -0.2) is 42.3 Å². The van der Waals surface area contributed by atoms with Gasteiger partial charge in [-0.05, 0) is 19.1 Å². The number of carbonyl (C=O) groups excluding carboxylic acids is 3. The van der Waals surface area contributed by atoms with Gasteiger partial charge in [0.25, 0.3) is 0 Å². The molecule has 7 nitrogen and oxygen atoms in total. The summed E-state index contributed by atoms with van der Waals surface area (Å²) in [5.74, 6) is -2.02. The van der Waals surface area contributed by atoms with Crippen LogP contribution in [0.4, 0.5) is 0 Å². The summed E-state index contributed by atoms with van der Waals surface area (Å²) in [4.78, 5) is 40.8. The van der Waals surface area contributed by atoms with Crippen molar-refractivity contribution in [3.05, 3.63) is 34.7 Å². The van der Waals surface area contributed by atoms with Gasteiger partial charge in [0.1, 0.15) is 0 Å². The standard InChI is InChI=1S/C13H10N2O5/c1-6-3-9-7(11(16)19-2)4-8-10(15(9)5-14-6)13(18)20-12(8)17/h3-5,10H,1-2H3. The molecule has 3 aliphatic heterocycles. The predicted molar refractivity (Wildman–Crippen MR) is 66.1 cm³/mol. The summed E-state index contributed by atoms with van der Waals surface area (Å²) in [5, 5.41) is 0. The Labute approximate surface area is 113 Å². The number of ether oxygens (including phenoxy) is 2. The number of cyclic esters (lactones) is 2. The minimum atomic E-state index is -0.890. The van der Waals surface area contributed by atoms with Crippen LogP contribution >= 0.6 is 0 Å². The molecule has 1 unspecified atom stereocenters. The number of aliphatic imine (C=N–C) groups is 1. The smallest absolute Gasteiger partial charge is 0.344 e. The average molecular weight is 274 g/mol. The molecule has 1 fully saturated rings. The third-order valence-electron chi connectivity index (χ3n) is 3.22. The summed E-state index contributed by atoms with van der Waals surface area (Å²) in [7, 11) is 1.25. The molecule has 20 heavy (non-hydrogen) atoms. The molecular weight excluding hydrogens is 264 g/mol. The van der Waals surface area contributed by atoms with Gasteiger partial charge < -0.3 is 14.4 Å². The second kappa shape index (κ2) is 4.16. The number of hydrogen-bond donors (Lipinski definition) is 0. The van der Waals surface area contributed by atoms with Crippen molar-refractivity contribution < 1.29 is 23.9 Å². The molecule has 0 bridgehead atoms. The van der Waals surface area contributed by atoms with E-state index in [1.54, 1.807) is 13.0 Å². The summed E-state index contributed by atoms with van der Waals surface area (Å²) in [6.07, 6.45) is 4.40. The van der Waals surface area contributed by atoms with Crippen molar-refractivity contribution in [2.75, 3.05) is 7.11 Å². The van der Waals surface area contributed by atoms with Crippen LogP contribution in [0.1, 0.15) is 6.92 Å². The van der Waals surface area contributed by atoms with E-state index in [2.05, 4.69) is 9.73 Å². The molecule has 0 aliphatic carbocycles. The molecule has 0 saturated carbocycles. The quantitative estimate of drug-likeness (QED) is 0.496. The maximum absolute atomic E-state index is 11.8. The number of fused-ring (bicyclic) bond motifs is 3. The zero-order chi connectivity index (χ0) is 14.4. The Balaban J connectivity index is 2.21. The first kappa shape index (κ1) is 12.3. The molecule has 7 heteroatoms. The first-order chi connectivity index (χ1) is 9.52. The molecule has 0 aromatic heterocycles. The van der Waals surface area contributed by atoms with Gasteiger partial charge in [0.2, 0.25) is 0 Å². The normalized spacial score (nSPS) is 23.9. The van der Waals surface area contributed by atoms with Gasteiger partial charge in [0, 0.05) is 5.70 Å². The van der Waals surface area contributed by atoms with Gasteiger partial charge in [-0.2, -0.15) is 0 Å². The van der Waals surface area contributed by atoms with Crippen LogP contribution in [0.25, 0.3) is 0 Å². The van der Waals surface area contributed by atoms with E-state index in [-0.39, 0.29) is 11.1 Å². The molecular formula is C13H10N2O5. The number of methoxy groups -OCH3 is 1. The van der Waals surface area contributed by atoms with Gasteiger partial charge in [0.15, 0.2) is 6.04 Å². The summed E-state index contributed by atoms with van der Waals surface area (Å²) in [6, 6.07) is -0.890. The maximum Gasteiger partial charge on any atom is 0.344 e. The predicted octanol–water partition coefficient (Wildman–Crippen LogP) is 0.0532. The first-order valence-electron chi connectivity index (χ1n) is 5.84. The number of hydrogen-bond acceptors (Lipinski definition) is 7. The molecule has 0 aromatic rings. The largest absolute Gasteiger partial charge is 0.465 e. The Bertz CT molecular complexity index is 668. The van der Waals surface area contributed by atoms with Crippen molar-refractivity contribution >= 4 is 24.2 Å². The van der Waals surface area contributed by atoms with Gasteiger partial charge >= 0.3 is 17.9 Å². The molecule has 0 amide bonds. The maximum atomic E-state index is 11.8. The highest BCUT2D eigenvalue weighted by atomic mass is 16.6. The lowest BCUT2D eigenvalue weighted by Crippen LogP contribution is -2.42. The van der Waals surface area contributed by atoms with Crippen LogP contribution < -0.4 is 0 Å². The highest BCUT2D eigenvalue weighted by Gasteiger charge is 2.47. The minimum absolute atomic E-state index is 0.110. The molecule has 0 aromatic carbocycles. The Morgan fingerprint density at radius 3 is 2.85 bits per heavy atom. The molecule has 1 saturated heterocycles. The second-order valence-electron chi connectivity index (χ2n) is 4.44. The summed E-state index contributed by atoms with van der Waals surface area (Å²) < 4.78 is 9.30. The van der Waals surface area contributed by atoms with Crippen LogP contribution in [0.2, 0.25) is 0 Å². The SMILES string of the molecule is COC(=O)C1=C2C=C(C)N=CN2C2C(=O)OC(=O)C2=C1. The molecule has 3 heterocycles. The zero-order valence-corrected chi connectivity index (χ0v) is 10.7. The van der Waals surface area contributed by atoms with Gasteiger partial charge in [-0.1, -0.05) is 0 Å². The van der Waals surface area contributed by atoms with Crippen molar-refractivity contribution in [1.82, 2.24) is 4.90 Å². The molecule has 0 spiro atoms. The van der Waals surface area contributed by atoms with E-state index in [4.69, 9.17) is 4.74 Å². The van der Waals surface area contributed by atoms with Crippen LogP contribution in [-0.2, 0) is 23.9 Å². The fraction of sp³-hybridized carbons (Fsp3) is 0.231. The van der Waals surface area contributed by atoms with Gasteiger partial charge in [0.05, 0.1) is 30.3 Å². The minimum Gasteiger partial charge on any atom is -0.465 e. The molecule has 102 valence electrons. The number of esters is 3. The molecule has 3 aliphatic rings. The Morgan fingerprint density at radius 2 is 2.15 bits per heavy atom. The van der Waals surface area contributed by atoms with E-state index in [0.29, 0.717) is 11.4 Å². The molecule has 3 rings (SSSR count). The summed E-state index contributed by atoms with van der Waals surface area (Å²) in [5.41, 5.74) is 1.44. The molecule has 0 radical (unpaired) electrons. The number of carbonyl (C=O) groups is 3. The van der Waals surface area contributed by atoms with Crippen LogP contribution in [0.5, 0.6) is 0 Å². The highest BCUT2D eigenvalue weighted by Crippen LogP contribution is 2.34. The Hall–Kier alpha value is -2.70. The molecule has 0 N–H and O–H groups in total. The fourth-order valence-electron chi connectivity index (χ4n) is 2.30. The summed E-state index contributed by atoms with van der Waals surface area (Å²) in [6.45, 7) is 1.76. The van der Waals surface area contributed by atoms with Crippen molar-refractivity contribution in [3.8, 4) is 0 Å². The Kier molecular flexibility index (Phi) is 2.56. The van der Waals surface area contributed by atoms with Crippen LogP contribution in [0.15, 0.2) is 39.7 Å². The third-order valence-corrected chi connectivity index (χ3v) is 3.22. The number of nitrogens with zero attached hydrogens (tertiary/aromatic N) is 2. The van der Waals surface area contributed by atoms with Gasteiger partial charge in [-0.15, -0.1) is 0 Å². The van der Waals surface area contributed by atoms with Gasteiger partial charge in [-0.25, -0.2) is 19.4 Å². The lowest BCUT2D eigenvalue weighted by atomic mass is 9.96. The number of allylic oxidation sites excluding steroid dienone is 2. The van der Waals surface area contributed by atoms with E-state index >= 15 is 0 Å². The number of rotatable bonds is 1. The van der Waals surface area contributed by atoms with E-state index in [9.17, 15) is 14.4 Å². The van der Waals surface area contributed by atoms with E-state index in [0.717, 1.165) is 0 Å². The van der Waals surface area contributed by atoms with Crippen molar-refractivity contribution in [2.24, 2.45) is 4.99 Å². The topological polar surface area (TPSA) is 85.3 Å². The van der Waals surface area contributed by atoms with Crippen LogP contribution in [0, 0.1) is 0 Å². The van der Waals surface area contributed by atoms with Crippen molar-refractivity contribution in [3.63, 3.8) is 0 Å². The van der Waals surface area contributed by atoms with E-state index < -0.39 is 23.9 Å².